The molecule has 0 aliphatic carbocycles. The molecule has 0 unspecified atom stereocenters. The molecule has 20 heavy (non-hydrogen) atoms. The summed E-state index contributed by atoms with van der Waals surface area (Å²) < 4.78 is 0. The van der Waals surface area contributed by atoms with Crippen LogP contribution in [0.5, 0.6) is 0 Å². The van der Waals surface area contributed by atoms with Gasteiger partial charge in [-0.05, 0) is 37.5 Å². The number of para-hydroxylation sites is 1. The molecule has 0 bridgehead atoms. The molecule has 3 nitrogen and oxygen atoms in total. The summed E-state index contributed by atoms with van der Waals surface area (Å²) in [5, 5.41) is 0. The van der Waals surface area contributed by atoms with Crippen LogP contribution < -0.4 is 4.90 Å². The Morgan fingerprint density at radius 1 is 1.20 bits per heavy atom. The predicted octanol–water partition coefficient (Wildman–Crippen LogP) is 3.21. The maximum Gasteiger partial charge on any atom is 0.270 e. The standard InChI is InChI=1S/C17H22N2O/c1-3-10-16(17(20)19-13-8-5-9-14-19)18(2)15-11-6-4-7-12-15/h3-4,6-7,10-12H,1,5,8-9,13-14H2,2H3/b16-10-. The van der Waals surface area contributed by atoms with E-state index in [1.54, 1.807) is 12.2 Å². The number of piperidine rings is 1. The minimum Gasteiger partial charge on any atom is -0.340 e. The molecule has 0 radical (unpaired) electrons. The van der Waals surface area contributed by atoms with Gasteiger partial charge >= 0.3 is 0 Å². The zero-order chi connectivity index (χ0) is 14.4. The Kier molecular flexibility index (Phi) is 4.99. The number of anilines is 1. The van der Waals surface area contributed by atoms with Gasteiger partial charge in [0.25, 0.3) is 5.91 Å². The summed E-state index contributed by atoms with van der Waals surface area (Å²) in [4.78, 5) is 16.5. The second kappa shape index (κ2) is 6.94. The second-order valence-electron chi connectivity index (χ2n) is 5.04. The van der Waals surface area contributed by atoms with Crippen molar-refractivity contribution in [3.8, 4) is 0 Å². The number of likely N-dealkylation sites (N-methyl/N-ethyl adjacent to an activating group) is 1. The highest BCUT2D eigenvalue weighted by atomic mass is 16.2. The fraction of sp³-hybridized carbons (Fsp3) is 0.353. The molecule has 1 aliphatic heterocycles. The van der Waals surface area contributed by atoms with Crippen LogP contribution >= 0.6 is 0 Å². The normalized spacial score (nSPS) is 15.8. The van der Waals surface area contributed by atoms with Crippen LogP contribution in [0.25, 0.3) is 0 Å². The fourth-order valence-corrected chi connectivity index (χ4v) is 2.49. The fourth-order valence-electron chi connectivity index (χ4n) is 2.49. The van der Waals surface area contributed by atoms with Crippen molar-refractivity contribution in [2.45, 2.75) is 19.3 Å². The van der Waals surface area contributed by atoms with E-state index < -0.39 is 0 Å². The molecule has 0 atom stereocenters. The Balaban J connectivity index is 2.20. The molecule has 0 N–H and O–H groups in total. The summed E-state index contributed by atoms with van der Waals surface area (Å²) in [5.41, 5.74) is 1.68. The van der Waals surface area contributed by atoms with Gasteiger partial charge in [0, 0.05) is 25.8 Å². The van der Waals surface area contributed by atoms with Crippen molar-refractivity contribution in [1.29, 1.82) is 0 Å². The van der Waals surface area contributed by atoms with Gasteiger partial charge in [-0.25, -0.2) is 0 Å². The van der Waals surface area contributed by atoms with Crippen LogP contribution in [0, 0.1) is 0 Å². The van der Waals surface area contributed by atoms with Gasteiger partial charge in [0.05, 0.1) is 0 Å². The van der Waals surface area contributed by atoms with Crippen LogP contribution in [-0.4, -0.2) is 30.9 Å². The quantitative estimate of drug-likeness (QED) is 0.619. The maximum absolute atomic E-state index is 12.7. The first-order chi connectivity index (χ1) is 9.74. The Labute approximate surface area is 121 Å². The molecule has 2 rings (SSSR count). The number of rotatable bonds is 4. The monoisotopic (exact) mass is 270 g/mol. The Hall–Kier alpha value is -2.03. The van der Waals surface area contributed by atoms with Crippen molar-refractivity contribution < 1.29 is 4.79 Å². The van der Waals surface area contributed by atoms with Crippen LogP contribution in [0.3, 0.4) is 0 Å². The molecule has 1 aromatic rings. The van der Waals surface area contributed by atoms with Crippen LogP contribution in [0.15, 0.2) is 54.8 Å². The van der Waals surface area contributed by atoms with Crippen molar-refractivity contribution in [2.24, 2.45) is 0 Å². The van der Waals surface area contributed by atoms with E-state index in [1.165, 1.54) is 6.42 Å². The highest BCUT2D eigenvalue weighted by Gasteiger charge is 2.22. The van der Waals surface area contributed by atoms with Crippen molar-refractivity contribution in [2.75, 3.05) is 25.0 Å². The lowest BCUT2D eigenvalue weighted by atomic mass is 10.1. The van der Waals surface area contributed by atoms with Gasteiger partial charge < -0.3 is 9.80 Å². The maximum atomic E-state index is 12.7. The van der Waals surface area contributed by atoms with Crippen molar-refractivity contribution in [3.05, 3.63) is 54.8 Å². The van der Waals surface area contributed by atoms with E-state index in [-0.39, 0.29) is 5.91 Å². The summed E-state index contributed by atoms with van der Waals surface area (Å²) in [6, 6.07) is 9.92. The topological polar surface area (TPSA) is 23.6 Å². The molecule has 3 heteroatoms. The molecular formula is C17H22N2O. The van der Waals surface area contributed by atoms with Gasteiger partial charge in [-0.2, -0.15) is 0 Å². The Bertz CT molecular complexity index is 487. The van der Waals surface area contributed by atoms with E-state index in [9.17, 15) is 4.79 Å². The number of hydrogen-bond acceptors (Lipinski definition) is 2. The molecule has 1 heterocycles. The summed E-state index contributed by atoms with van der Waals surface area (Å²) in [7, 11) is 1.92. The summed E-state index contributed by atoms with van der Waals surface area (Å²) >= 11 is 0. The lowest BCUT2D eigenvalue weighted by Gasteiger charge is -2.31. The van der Waals surface area contributed by atoms with E-state index in [0.29, 0.717) is 5.70 Å². The average molecular weight is 270 g/mol. The third kappa shape index (κ3) is 3.29. The smallest absolute Gasteiger partial charge is 0.270 e. The third-order valence-corrected chi connectivity index (χ3v) is 3.64. The summed E-state index contributed by atoms with van der Waals surface area (Å²) in [5.74, 6) is 0.0935. The largest absolute Gasteiger partial charge is 0.340 e. The molecule has 0 aromatic heterocycles. The number of likely N-dealkylation sites (tertiary alicyclic amines) is 1. The van der Waals surface area contributed by atoms with Crippen molar-refractivity contribution in [3.63, 3.8) is 0 Å². The molecule has 1 fully saturated rings. The van der Waals surface area contributed by atoms with Crippen molar-refractivity contribution in [1.82, 2.24) is 4.90 Å². The van der Waals surface area contributed by atoms with Gasteiger partial charge in [-0.15, -0.1) is 0 Å². The van der Waals surface area contributed by atoms with Crippen molar-refractivity contribution >= 4 is 11.6 Å². The van der Waals surface area contributed by atoms with E-state index in [1.807, 2.05) is 47.2 Å². The third-order valence-electron chi connectivity index (χ3n) is 3.64. The first kappa shape index (κ1) is 14.4. The minimum atomic E-state index is 0.0935. The minimum absolute atomic E-state index is 0.0935. The van der Waals surface area contributed by atoms with E-state index in [0.717, 1.165) is 31.6 Å². The second-order valence-corrected chi connectivity index (χ2v) is 5.04. The number of nitrogens with zero attached hydrogens (tertiary/aromatic N) is 2. The van der Waals surface area contributed by atoms with Crippen LogP contribution in [0.1, 0.15) is 19.3 Å². The number of carbonyl (C=O) groups excluding carboxylic acids is 1. The van der Waals surface area contributed by atoms with Crippen LogP contribution in [0.4, 0.5) is 5.69 Å². The number of benzene rings is 1. The molecule has 1 aromatic carbocycles. The first-order valence-corrected chi connectivity index (χ1v) is 7.15. The van der Waals surface area contributed by atoms with Crippen LogP contribution in [0.2, 0.25) is 0 Å². The molecule has 1 aliphatic rings. The van der Waals surface area contributed by atoms with Gasteiger partial charge in [-0.1, -0.05) is 30.9 Å². The molecular weight excluding hydrogens is 248 g/mol. The first-order valence-electron chi connectivity index (χ1n) is 7.15. The molecule has 106 valence electrons. The molecule has 1 amide bonds. The number of hydrogen-bond donors (Lipinski definition) is 0. The predicted molar refractivity (Wildman–Crippen MR) is 83.6 cm³/mol. The van der Waals surface area contributed by atoms with E-state index in [4.69, 9.17) is 0 Å². The summed E-state index contributed by atoms with van der Waals surface area (Å²) in [6.45, 7) is 5.44. The lowest BCUT2D eigenvalue weighted by molar-refractivity contribution is -0.128. The van der Waals surface area contributed by atoms with E-state index in [2.05, 4.69) is 6.58 Å². The zero-order valence-corrected chi connectivity index (χ0v) is 12.1. The zero-order valence-electron chi connectivity index (χ0n) is 12.1. The number of carbonyl (C=O) groups is 1. The summed E-state index contributed by atoms with van der Waals surface area (Å²) in [6.07, 6.45) is 6.89. The Morgan fingerprint density at radius 2 is 1.85 bits per heavy atom. The van der Waals surface area contributed by atoms with Gasteiger partial charge in [0.2, 0.25) is 0 Å². The average Bonchev–Trinajstić information content (AvgIpc) is 2.53. The molecule has 0 spiro atoms. The van der Waals surface area contributed by atoms with E-state index >= 15 is 0 Å². The highest BCUT2D eigenvalue weighted by molar-refractivity contribution is 5.97. The Morgan fingerprint density at radius 3 is 2.45 bits per heavy atom. The van der Waals surface area contributed by atoms with Gasteiger partial charge in [0.1, 0.15) is 5.70 Å². The molecule has 1 saturated heterocycles. The van der Waals surface area contributed by atoms with Gasteiger partial charge in [-0.3, -0.25) is 4.79 Å². The number of amides is 1. The molecule has 0 saturated carbocycles. The SMILES string of the molecule is C=C/C=C(/C(=O)N1CCCCC1)N(C)c1ccccc1. The number of allylic oxidation sites excluding steroid dienone is 2. The van der Waals surface area contributed by atoms with Gasteiger partial charge in [0.15, 0.2) is 0 Å². The lowest BCUT2D eigenvalue weighted by Crippen LogP contribution is -2.40. The van der Waals surface area contributed by atoms with Crippen LogP contribution in [-0.2, 0) is 4.79 Å². The highest BCUT2D eigenvalue weighted by Crippen LogP contribution is 2.20.